The molecule has 0 aliphatic carbocycles. The van der Waals surface area contributed by atoms with Crippen molar-refractivity contribution in [3.05, 3.63) is 46.6 Å². The average Bonchev–Trinajstić information content (AvgIpc) is 2.58. The Hall–Kier alpha value is -2.08. The lowest BCUT2D eigenvalue weighted by Gasteiger charge is -2.23. The van der Waals surface area contributed by atoms with Crippen molar-refractivity contribution in [1.29, 1.82) is 0 Å². The van der Waals surface area contributed by atoms with Crippen molar-refractivity contribution in [1.82, 2.24) is 9.97 Å². The minimum absolute atomic E-state index is 0.301. The summed E-state index contributed by atoms with van der Waals surface area (Å²) in [5.74, 6) is 0.798. The Morgan fingerprint density at radius 3 is 2.29 bits per heavy atom. The van der Waals surface area contributed by atoms with Gasteiger partial charge in [0.1, 0.15) is 5.82 Å². The lowest BCUT2D eigenvalue weighted by molar-refractivity contribution is 0.0697. The molecule has 1 N–H and O–H groups in total. The zero-order chi connectivity index (χ0) is 17.7. The van der Waals surface area contributed by atoms with Gasteiger partial charge in [0, 0.05) is 30.1 Å². The van der Waals surface area contributed by atoms with Gasteiger partial charge in [-0.1, -0.05) is 23.9 Å². The molecule has 1 aromatic heterocycles. The first-order valence-corrected chi connectivity index (χ1v) is 9.00. The normalized spacial score (nSPS) is 10.7. The molecule has 5 nitrogen and oxygen atoms in total. The summed E-state index contributed by atoms with van der Waals surface area (Å²) in [4.78, 5) is 22.4. The number of aromatic carboxylic acids is 1. The number of anilines is 1. The summed E-state index contributed by atoms with van der Waals surface area (Å²) in [6.07, 6.45) is 0. The van der Waals surface area contributed by atoms with Gasteiger partial charge >= 0.3 is 5.97 Å². The van der Waals surface area contributed by atoms with Crippen LogP contribution in [0.1, 0.15) is 41.0 Å². The number of aryl methyl sites for hydroxylation is 1. The van der Waals surface area contributed by atoms with Crippen molar-refractivity contribution in [2.75, 3.05) is 18.0 Å². The van der Waals surface area contributed by atoms with Gasteiger partial charge in [0.05, 0.1) is 5.56 Å². The van der Waals surface area contributed by atoms with E-state index in [0.29, 0.717) is 11.3 Å². The minimum atomic E-state index is -0.907. The lowest BCUT2D eigenvalue weighted by Crippen LogP contribution is -2.24. The van der Waals surface area contributed by atoms with E-state index in [1.807, 2.05) is 19.1 Å². The maximum atomic E-state index is 10.9. The van der Waals surface area contributed by atoms with E-state index >= 15 is 0 Å². The summed E-state index contributed by atoms with van der Waals surface area (Å²) in [6, 6.07) is 6.92. The molecule has 0 bridgehead atoms. The van der Waals surface area contributed by atoms with E-state index in [4.69, 9.17) is 10.1 Å². The number of carboxylic acid groups (broad SMARTS) is 1. The Morgan fingerprint density at radius 1 is 1.12 bits per heavy atom. The smallest absolute Gasteiger partial charge is 0.335 e. The Balaban J connectivity index is 2.16. The van der Waals surface area contributed by atoms with Gasteiger partial charge in [-0.3, -0.25) is 0 Å². The molecule has 0 amide bonds. The van der Waals surface area contributed by atoms with Crippen LogP contribution >= 0.6 is 11.8 Å². The van der Waals surface area contributed by atoms with Crippen LogP contribution in [0.3, 0.4) is 0 Å². The molecule has 0 aliphatic heterocycles. The second-order valence-corrected chi connectivity index (χ2v) is 6.45. The zero-order valence-corrected chi connectivity index (χ0v) is 15.4. The Labute approximate surface area is 147 Å². The lowest BCUT2D eigenvalue weighted by atomic mass is 10.1. The van der Waals surface area contributed by atoms with Crippen molar-refractivity contribution < 1.29 is 9.90 Å². The van der Waals surface area contributed by atoms with Gasteiger partial charge in [-0.25, -0.2) is 14.8 Å². The van der Waals surface area contributed by atoms with Gasteiger partial charge < -0.3 is 10.0 Å². The number of rotatable bonds is 7. The summed E-state index contributed by atoms with van der Waals surface area (Å²) >= 11 is 1.57. The average molecular weight is 345 g/mol. The second kappa shape index (κ2) is 8.15. The van der Waals surface area contributed by atoms with Crippen LogP contribution in [-0.4, -0.2) is 34.1 Å². The van der Waals surface area contributed by atoms with E-state index < -0.39 is 5.97 Å². The molecule has 0 aliphatic rings. The van der Waals surface area contributed by atoms with Crippen molar-refractivity contribution in [3.63, 3.8) is 0 Å². The molecule has 1 heterocycles. The molecular weight excluding hydrogens is 322 g/mol. The Bertz CT molecular complexity index is 713. The molecule has 0 radical (unpaired) electrons. The van der Waals surface area contributed by atoms with Crippen LogP contribution < -0.4 is 4.90 Å². The van der Waals surface area contributed by atoms with E-state index in [0.717, 1.165) is 40.9 Å². The third kappa shape index (κ3) is 4.26. The van der Waals surface area contributed by atoms with Crippen LogP contribution in [0.15, 0.2) is 29.4 Å². The molecule has 6 heteroatoms. The van der Waals surface area contributed by atoms with Gasteiger partial charge in [0.25, 0.3) is 0 Å². The third-order valence-corrected chi connectivity index (χ3v) is 4.89. The van der Waals surface area contributed by atoms with Crippen molar-refractivity contribution in [3.8, 4) is 0 Å². The highest BCUT2D eigenvalue weighted by Gasteiger charge is 2.13. The maximum absolute atomic E-state index is 10.9. The van der Waals surface area contributed by atoms with Crippen LogP contribution in [0.5, 0.6) is 0 Å². The number of carbonyl (C=O) groups is 1. The molecule has 0 unspecified atom stereocenters. The summed E-state index contributed by atoms with van der Waals surface area (Å²) in [5, 5.41) is 9.69. The molecule has 2 aromatic rings. The highest BCUT2D eigenvalue weighted by atomic mass is 32.2. The number of carboxylic acids is 1. The summed E-state index contributed by atoms with van der Waals surface area (Å²) in [6.45, 7) is 10.1. The van der Waals surface area contributed by atoms with Crippen LogP contribution in [0.4, 0.5) is 5.82 Å². The molecule has 128 valence electrons. The fourth-order valence-corrected chi connectivity index (χ4v) is 3.22. The second-order valence-electron chi connectivity index (χ2n) is 5.50. The third-order valence-electron chi connectivity index (χ3n) is 3.97. The number of hydrogen-bond donors (Lipinski definition) is 1. The topological polar surface area (TPSA) is 66.3 Å². The molecule has 0 saturated heterocycles. The quantitative estimate of drug-likeness (QED) is 0.606. The van der Waals surface area contributed by atoms with Gasteiger partial charge in [0.15, 0.2) is 5.16 Å². The van der Waals surface area contributed by atoms with Crippen molar-refractivity contribution in [2.45, 2.75) is 38.6 Å². The predicted octanol–water partition coefficient (Wildman–Crippen LogP) is 3.93. The van der Waals surface area contributed by atoms with Gasteiger partial charge in [-0.15, -0.1) is 0 Å². The van der Waals surface area contributed by atoms with E-state index in [9.17, 15) is 4.79 Å². The first-order valence-electron chi connectivity index (χ1n) is 8.01. The maximum Gasteiger partial charge on any atom is 0.335 e. The van der Waals surface area contributed by atoms with E-state index in [1.165, 1.54) is 0 Å². The van der Waals surface area contributed by atoms with Crippen molar-refractivity contribution in [2.24, 2.45) is 0 Å². The monoisotopic (exact) mass is 345 g/mol. The zero-order valence-electron chi connectivity index (χ0n) is 14.5. The van der Waals surface area contributed by atoms with E-state index in [-0.39, 0.29) is 0 Å². The molecule has 0 spiro atoms. The van der Waals surface area contributed by atoms with Crippen LogP contribution in [0.2, 0.25) is 0 Å². The van der Waals surface area contributed by atoms with Gasteiger partial charge in [0.2, 0.25) is 0 Å². The highest BCUT2D eigenvalue weighted by molar-refractivity contribution is 7.98. The first kappa shape index (κ1) is 18.3. The summed E-state index contributed by atoms with van der Waals surface area (Å²) in [7, 11) is 0. The SMILES string of the molecule is CCN(CC)c1nc(SCc2ccc(C(=O)O)cc2)nc(C)c1C. The summed E-state index contributed by atoms with van der Waals surface area (Å²) < 4.78 is 0. The molecule has 0 atom stereocenters. The predicted molar refractivity (Wildman–Crippen MR) is 98.0 cm³/mol. The Morgan fingerprint density at radius 2 is 1.75 bits per heavy atom. The van der Waals surface area contributed by atoms with Gasteiger partial charge in [-0.05, 0) is 45.4 Å². The number of benzene rings is 1. The minimum Gasteiger partial charge on any atom is -0.478 e. The molecular formula is C18H23N3O2S. The standard InChI is InChI=1S/C18H23N3O2S/c1-5-21(6-2)16-12(3)13(4)19-18(20-16)24-11-14-7-9-15(10-8-14)17(22)23/h7-10H,5-6,11H2,1-4H3,(H,22,23). The number of nitrogens with zero attached hydrogens (tertiary/aromatic N) is 3. The van der Waals surface area contributed by atoms with Crippen LogP contribution in [0, 0.1) is 13.8 Å². The fourth-order valence-electron chi connectivity index (χ4n) is 2.38. The molecule has 24 heavy (non-hydrogen) atoms. The molecule has 2 rings (SSSR count). The molecule has 1 aromatic carbocycles. The van der Waals surface area contributed by atoms with Crippen LogP contribution in [0.25, 0.3) is 0 Å². The van der Waals surface area contributed by atoms with Crippen molar-refractivity contribution >= 4 is 23.5 Å². The van der Waals surface area contributed by atoms with E-state index in [2.05, 4.69) is 30.7 Å². The largest absolute Gasteiger partial charge is 0.478 e. The summed E-state index contributed by atoms with van der Waals surface area (Å²) in [5.41, 5.74) is 3.47. The van der Waals surface area contributed by atoms with Gasteiger partial charge in [-0.2, -0.15) is 0 Å². The fraction of sp³-hybridized carbons (Fsp3) is 0.389. The molecule has 0 fully saturated rings. The number of hydrogen-bond acceptors (Lipinski definition) is 5. The van der Waals surface area contributed by atoms with E-state index in [1.54, 1.807) is 23.9 Å². The molecule has 0 saturated carbocycles. The number of aromatic nitrogens is 2. The number of thioether (sulfide) groups is 1. The Kier molecular flexibility index (Phi) is 6.20. The first-order chi connectivity index (χ1) is 11.5. The van der Waals surface area contributed by atoms with Crippen LogP contribution in [-0.2, 0) is 5.75 Å². The highest BCUT2D eigenvalue weighted by Crippen LogP contribution is 2.26.